The van der Waals surface area contributed by atoms with E-state index in [-0.39, 0.29) is 13.1 Å². The van der Waals surface area contributed by atoms with Crippen molar-refractivity contribution in [2.75, 3.05) is 6.54 Å². The van der Waals surface area contributed by atoms with Gasteiger partial charge in [0.25, 0.3) is 5.91 Å². The lowest BCUT2D eigenvalue weighted by Crippen LogP contribution is -2.62. The molecular weight excluding hydrogens is 281 g/mol. The first kappa shape index (κ1) is 17.5. The highest BCUT2D eigenvalue weighted by Gasteiger charge is 2.55. The van der Waals surface area contributed by atoms with Gasteiger partial charge in [-0.15, -0.1) is 0 Å². The third-order valence-corrected chi connectivity index (χ3v) is 3.31. The first-order valence-electron chi connectivity index (χ1n) is 6.80. The maximum atomic E-state index is 12.9. The SMILES string of the molecule is CCCN(Cc1ccc(C)cc1)C(=O)C(C)(N)C(F)(F)F. The summed E-state index contributed by atoms with van der Waals surface area (Å²) >= 11 is 0. The van der Waals surface area contributed by atoms with Crippen molar-refractivity contribution in [1.29, 1.82) is 0 Å². The van der Waals surface area contributed by atoms with Gasteiger partial charge in [0.1, 0.15) is 0 Å². The Morgan fingerprint density at radius 2 is 1.76 bits per heavy atom. The number of nitrogens with zero attached hydrogens (tertiary/aromatic N) is 1. The van der Waals surface area contributed by atoms with Gasteiger partial charge in [0.05, 0.1) is 0 Å². The van der Waals surface area contributed by atoms with Crippen LogP contribution < -0.4 is 5.73 Å². The van der Waals surface area contributed by atoms with E-state index in [1.807, 2.05) is 19.1 Å². The molecule has 0 aliphatic heterocycles. The highest BCUT2D eigenvalue weighted by atomic mass is 19.4. The molecule has 2 N–H and O–H groups in total. The number of hydrogen-bond acceptors (Lipinski definition) is 2. The number of rotatable bonds is 5. The fraction of sp³-hybridized carbons (Fsp3) is 0.533. The molecule has 0 fully saturated rings. The number of alkyl halides is 3. The van der Waals surface area contributed by atoms with Crippen molar-refractivity contribution in [3.63, 3.8) is 0 Å². The smallest absolute Gasteiger partial charge is 0.336 e. The van der Waals surface area contributed by atoms with Crippen molar-refractivity contribution in [1.82, 2.24) is 4.90 Å². The highest BCUT2D eigenvalue weighted by molar-refractivity contribution is 5.86. The second-order valence-corrected chi connectivity index (χ2v) is 5.41. The van der Waals surface area contributed by atoms with E-state index in [2.05, 4.69) is 0 Å². The minimum absolute atomic E-state index is 0.121. The average Bonchev–Trinajstić information content (AvgIpc) is 2.38. The van der Waals surface area contributed by atoms with Crippen LogP contribution in [-0.2, 0) is 11.3 Å². The van der Waals surface area contributed by atoms with Gasteiger partial charge in [0.15, 0.2) is 5.54 Å². The zero-order valence-electron chi connectivity index (χ0n) is 12.5. The van der Waals surface area contributed by atoms with Gasteiger partial charge in [0.2, 0.25) is 0 Å². The number of benzene rings is 1. The zero-order valence-corrected chi connectivity index (χ0v) is 12.5. The number of carbonyl (C=O) groups is 1. The third kappa shape index (κ3) is 4.20. The topological polar surface area (TPSA) is 46.3 Å². The maximum Gasteiger partial charge on any atom is 0.415 e. The predicted molar refractivity (Wildman–Crippen MR) is 75.5 cm³/mol. The van der Waals surface area contributed by atoms with Crippen LogP contribution in [0.1, 0.15) is 31.4 Å². The lowest BCUT2D eigenvalue weighted by Gasteiger charge is -2.33. The molecule has 1 rings (SSSR count). The van der Waals surface area contributed by atoms with Crippen molar-refractivity contribution in [3.8, 4) is 0 Å². The first-order chi connectivity index (χ1) is 9.59. The Bertz CT molecular complexity index is 481. The summed E-state index contributed by atoms with van der Waals surface area (Å²) in [4.78, 5) is 13.3. The Kier molecular flexibility index (Phi) is 5.39. The minimum atomic E-state index is -4.77. The molecule has 0 aromatic heterocycles. The second kappa shape index (κ2) is 6.47. The molecular formula is C15H21F3N2O. The van der Waals surface area contributed by atoms with Gasteiger partial charge in [-0.3, -0.25) is 4.79 Å². The highest BCUT2D eigenvalue weighted by Crippen LogP contribution is 2.30. The number of aryl methyl sites for hydroxylation is 1. The first-order valence-corrected chi connectivity index (χ1v) is 6.80. The number of carbonyl (C=O) groups excluding carboxylic acids is 1. The van der Waals surface area contributed by atoms with E-state index in [1.54, 1.807) is 19.1 Å². The lowest BCUT2D eigenvalue weighted by atomic mass is 10.0. The van der Waals surface area contributed by atoms with E-state index in [0.717, 1.165) is 16.0 Å². The Morgan fingerprint density at radius 3 is 2.19 bits per heavy atom. The maximum absolute atomic E-state index is 12.9. The van der Waals surface area contributed by atoms with Crippen molar-refractivity contribution >= 4 is 5.91 Å². The van der Waals surface area contributed by atoms with Gasteiger partial charge >= 0.3 is 6.18 Å². The van der Waals surface area contributed by atoms with Crippen molar-refractivity contribution < 1.29 is 18.0 Å². The Hall–Kier alpha value is -1.56. The van der Waals surface area contributed by atoms with E-state index < -0.39 is 17.6 Å². The monoisotopic (exact) mass is 302 g/mol. The molecule has 1 atom stereocenters. The van der Waals surface area contributed by atoms with Crippen LogP contribution in [0, 0.1) is 6.92 Å². The summed E-state index contributed by atoms with van der Waals surface area (Å²) in [5, 5.41) is 0. The van der Waals surface area contributed by atoms with E-state index in [0.29, 0.717) is 13.3 Å². The van der Waals surface area contributed by atoms with Gasteiger partial charge in [0, 0.05) is 13.1 Å². The fourth-order valence-electron chi connectivity index (χ4n) is 1.89. The minimum Gasteiger partial charge on any atom is -0.336 e. The number of halogens is 3. The molecule has 0 aliphatic carbocycles. The number of amides is 1. The Morgan fingerprint density at radius 1 is 1.24 bits per heavy atom. The normalized spacial score (nSPS) is 14.6. The Labute approximate surface area is 122 Å². The number of nitrogens with two attached hydrogens (primary N) is 1. The van der Waals surface area contributed by atoms with Crippen molar-refractivity contribution in [2.24, 2.45) is 5.73 Å². The van der Waals surface area contributed by atoms with Crippen LogP contribution in [0.15, 0.2) is 24.3 Å². The molecule has 1 aromatic carbocycles. The van der Waals surface area contributed by atoms with Crippen LogP contribution in [-0.4, -0.2) is 29.1 Å². The van der Waals surface area contributed by atoms with Gasteiger partial charge in [-0.1, -0.05) is 36.8 Å². The molecule has 0 aliphatic rings. The molecule has 1 unspecified atom stereocenters. The molecule has 3 nitrogen and oxygen atoms in total. The van der Waals surface area contributed by atoms with Crippen LogP contribution in [0.25, 0.3) is 0 Å². The molecule has 0 radical (unpaired) electrons. The lowest BCUT2D eigenvalue weighted by molar-refractivity contribution is -0.194. The molecule has 1 amide bonds. The van der Waals surface area contributed by atoms with Gasteiger partial charge in [-0.2, -0.15) is 13.2 Å². The van der Waals surface area contributed by atoms with E-state index >= 15 is 0 Å². The molecule has 21 heavy (non-hydrogen) atoms. The summed E-state index contributed by atoms with van der Waals surface area (Å²) < 4.78 is 38.7. The molecule has 0 saturated heterocycles. The standard InChI is InChI=1S/C15H21F3N2O/c1-4-9-20(10-12-7-5-11(2)6-8-12)13(21)14(3,19)15(16,17)18/h5-8H,4,9-10,19H2,1-3H3. The summed E-state index contributed by atoms with van der Waals surface area (Å²) in [6.45, 7) is 4.79. The zero-order chi connectivity index (χ0) is 16.3. The van der Waals surface area contributed by atoms with Crippen molar-refractivity contribution in [2.45, 2.75) is 45.5 Å². The molecule has 0 spiro atoms. The van der Waals surface area contributed by atoms with Gasteiger partial charge in [-0.05, 0) is 25.8 Å². The van der Waals surface area contributed by atoms with Crippen LogP contribution in [0.4, 0.5) is 13.2 Å². The molecule has 1 aromatic rings. The molecule has 0 saturated carbocycles. The average molecular weight is 302 g/mol. The van der Waals surface area contributed by atoms with Crippen LogP contribution in [0.2, 0.25) is 0 Å². The van der Waals surface area contributed by atoms with E-state index in [4.69, 9.17) is 5.73 Å². The van der Waals surface area contributed by atoms with E-state index in [9.17, 15) is 18.0 Å². The predicted octanol–water partition coefficient (Wildman–Crippen LogP) is 3.01. The fourth-order valence-corrected chi connectivity index (χ4v) is 1.89. The summed E-state index contributed by atoms with van der Waals surface area (Å²) in [5.41, 5.74) is 4.19. The molecule has 0 heterocycles. The summed E-state index contributed by atoms with van der Waals surface area (Å²) in [5.74, 6) is -1.10. The van der Waals surface area contributed by atoms with Gasteiger partial charge in [-0.25, -0.2) is 0 Å². The largest absolute Gasteiger partial charge is 0.415 e. The summed E-state index contributed by atoms with van der Waals surface area (Å²) in [6.07, 6.45) is -4.21. The number of hydrogen-bond donors (Lipinski definition) is 1. The molecule has 6 heteroatoms. The summed E-state index contributed by atoms with van der Waals surface area (Å²) in [7, 11) is 0. The van der Waals surface area contributed by atoms with Crippen LogP contribution in [0.3, 0.4) is 0 Å². The van der Waals surface area contributed by atoms with Crippen LogP contribution >= 0.6 is 0 Å². The molecule has 0 bridgehead atoms. The van der Waals surface area contributed by atoms with E-state index in [1.165, 1.54) is 0 Å². The Balaban J connectivity index is 2.96. The second-order valence-electron chi connectivity index (χ2n) is 5.41. The summed E-state index contributed by atoms with van der Waals surface area (Å²) in [6, 6.07) is 7.31. The third-order valence-electron chi connectivity index (χ3n) is 3.31. The molecule has 118 valence electrons. The van der Waals surface area contributed by atoms with Gasteiger partial charge < -0.3 is 10.6 Å². The van der Waals surface area contributed by atoms with Crippen molar-refractivity contribution in [3.05, 3.63) is 35.4 Å². The van der Waals surface area contributed by atoms with Crippen LogP contribution in [0.5, 0.6) is 0 Å². The quantitative estimate of drug-likeness (QED) is 0.909.